The fourth-order valence-corrected chi connectivity index (χ4v) is 1.60. The molecule has 0 N–H and O–H groups in total. The minimum absolute atomic E-state index is 0.347. The Morgan fingerprint density at radius 2 is 2.00 bits per heavy atom. The van der Waals surface area contributed by atoms with E-state index >= 15 is 0 Å². The Morgan fingerprint density at radius 3 is 2.71 bits per heavy atom. The van der Waals surface area contributed by atoms with Gasteiger partial charge in [0.1, 0.15) is 5.75 Å². The lowest BCUT2D eigenvalue weighted by Gasteiger charge is -2.05. The van der Waals surface area contributed by atoms with E-state index in [0.717, 1.165) is 9.13 Å². The van der Waals surface area contributed by atoms with Crippen LogP contribution in [0.25, 0.3) is 0 Å². The van der Waals surface area contributed by atoms with Crippen LogP contribution in [0.3, 0.4) is 0 Å². The maximum absolute atomic E-state index is 5.54. The van der Waals surface area contributed by atoms with Crippen molar-refractivity contribution in [1.29, 1.82) is 0 Å². The van der Waals surface area contributed by atoms with Gasteiger partial charge < -0.3 is 9.47 Å². The van der Waals surface area contributed by atoms with E-state index in [1.165, 1.54) is 0 Å². The molecule has 0 spiro atoms. The van der Waals surface area contributed by atoms with E-state index in [9.17, 15) is 0 Å². The second-order valence-electron chi connectivity index (χ2n) is 3.37. The lowest BCUT2D eigenvalue weighted by Crippen LogP contribution is -1.93. The summed E-state index contributed by atoms with van der Waals surface area (Å²) in [7, 11) is 1.66. The van der Waals surface area contributed by atoms with Crippen molar-refractivity contribution < 1.29 is 9.47 Å². The van der Waals surface area contributed by atoms with Crippen LogP contribution in [0, 0.1) is 3.57 Å². The van der Waals surface area contributed by atoms with Crippen LogP contribution in [-0.2, 0) is 11.3 Å². The zero-order valence-corrected chi connectivity index (χ0v) is 11.4. The van der Waals surface area contributed by atoms with Gasteiger partial charge in [-0.25, -0.2) is 9.97 Å². The van der Waals surface area contributed by atoms with E-state index in [0.29, 0.717) is 18.4 Å². The first kappa shape index (κ1) is 12.3. The van der Waals surface area contributed by atoms with Gasteiger partial charge in [0.2, 0.25) is 0 Å². The van der Waals surface area contributed by atoms with Crippen molar-refractivity contribution in [2.45, 2.75) is 6.61 Å². The van der Waals surface area contributed by atoms with Crippen LogP contribution in [0.5, 0.6) is 11.8 Å². The van der Waals surface area contributed by atoms with E-state index in [1.807, 2.05) is 24.3 Å². The Morgan fingerprint density at radius 1 is 1.24 bits per heavy atom. The van der Waals surface area contributed by atoms with Crippen molar-refractivity contribution in [1.82, 2.24) is 9.97 Å². The van der Waals surface area contributed by atoms with Crippen LogP contribution < -0.4 is 4.74 Å². The molecule has 0 saturated heterocycles. The normalized spacial score (nSPS) is 10.2. The van der Waals surface area contributed by atoms with Gasteiger partial charge in [-0.05, 0) is 40.3 Å². The molecule has 0 fully saturated rings. The van der Waals surface area contributed by atoms with Gasteiger partial charge >= 0.3 is 6.01 Å². The van der Waals surface area contributed by atoms with Gasteiger partial charge in [-0.15, -0.1) is 0 Å². The number of hydrogen-bond donors (Lipinski definition) is 0. The van der Waals surface area contributed by atoms with Gasteiger partial charge in [0.05, 0.1) is 6.61 Å². The summed E-state index contributed by atoms with van der Waals surface area (Å²) in [5.74, 6) is 0.709. The highest BCUT2D eigenvalue weighted by atomic mass is 127. The fourth-order valence-electron chi connectivity index (χ4n) is 1.32. The summed E-state index contributed by atoms with van der Waals surface area (Å²) in [6.45, 7) is 0.560. The monoisotopic (exact) mass is 342 g/mol. The van der Waals surface area contributed by atoms with Crippen molar-refractivity contribution in [3.8, 4) is 11.8 Å². The fraction of sp³-hybridized carbons (Fsp3) is 0.167. The average Bonchev–Trinajstić information content (AvgIpc) is 2.33. The molecule has 0 bridgehead atoms. The Kier molecular flexibility index (Phi) is 4.27. The highest BCUT2D eigenvalue weighted by molar-refractivity contribution is 14.1. The van der Waals surface area contributed by atoms with Gasteiger partial charge in [-0.1, -0.05) is 12.1 Å². The second-order valence-corrected chi connectivity index (χ2v) is 4.61. The van der Waals surface area contributed by atoms with Crippen molar-refractivity contribution >= 4 is 22.6 Å². The molecule has 0 saturated carbocycles. The van der Waals surface area contributed by atoms with Crippen LogP contribution in [0.1, 0.15) is 5.56 Å². The quantitative estimate of drug-likeness (QED) is 0.802. The predicted molar refractivity (Wildman–Crippen MR) is 72.0 cm³/mol. The molecule has 1 aromatic heterocycles. The minimum Gasteiger partial charge on any atom is -0.424 e. The number of halogens is 1. The number of aromatic nitrogens is 2. The van der Waals surface area contributed by atoms with Gasteiger partial charge in [0.15, 0.2) is 0 Å². The largest absolute Gasteiger partial charge is 0.424 e. The van der Waals surface area contributed by atoms with Crippen molar-refractivity contribution in [2.24, 2.45) is 0 Å². The number of rotatable bonds is 4. The van der Waals surface area contributed by atoms with Crippen molar-refractivity contribution in [3.05, 3.63) is 45.8 Å². The molecule has 88 valence electrons. The molecule has 0 radical (unpaired) electrons. The zero-order valence-electron chi connectivity index (χ0n) is 9.26. The van der Waals surface area contributed by atoms with Crippen molar-refractivity contribution in [2.75, 3.05) is 7.11 Å². The van der Waals surface area contributed by atoms with E-state index in [4.69, 9.17) is 9.47 Å². The van der Waals surface area contributed by atoms with Gasteiger partial charge in [-0.3, -0.25) is 0 Å². The molecular weight excluding hydrogens is 331 g/mol. The zero-order chi connectivity index (χ0) is 12.1. The van der Waals surface area contributed by atoms with E-state index in [2.05, 4.69) is 32.6 Å². The standard InChI is InChI=1S/C12H11IN2O2/c1-16-8-9-3-2-4-11(5-9)17-12-14-6-10(13)7-15-12/h2-7H,8H2,1H3. The molecule has 2 aromatic rings. The summed E-state index contributed by atoms with van der Waals surface area (Å²) in [6.07, 6.45) is 3.42. The molecule has 5 heteroatoms. The smallest absolute Gasteiger partial charge is 0.321 e. The SMILES string of the molecule is COCc1cccc(Oc2ncc(I)cn2)c1. The second kappa shape index (κ2) is 5.92. The summed E-state index contributed by atoms with van der Waals surface area (Å²) in [4.78, 5) is 8.15. The summed E-state index contributed by atoms with van der Waals surface area (Å²) in [6, 6.07) is 8.01. The third kappa shape index (κ3) is 3.64. The molecule has 4 nitrogen and oxygen atoms in total. The van der Waals surface area contributed by atoms with Crippen LogP contribution in [0.15, 0.2) is 36.7 Å². The molecule has 0 aliphatic heterocycles. The Hall–Kier alpha value is -1.21. The lowest BCUT2D eigenvalue weighted by molar-refractivity contribution is 0.184. The number of nitrogens with zero attached hydrogens (tertiary/aromatic N) is 2. The average molecular weight is 342 g/mol. The lowest BCUT2D eigenvalue weighted by atomic mass is 10.2. The maximum Gasteiger partial charge on any atom is 0.321 e. The third-order valence-electron chi connectivity index (χ3n) is 2.02. The van der Waals surface area contributed by atoms with Gasteiger partial charge in [0.25, 0.3) is 0 Å². The number of ether oxygens (including phenoxy) is 2. The third-order valence-corrected chi connectivity index (χ3v) is 2.57. The molecule has 1 aromatic carbocycles. The Bertz CT molecular complexity index is 488. The number of methoxy groups -OCH3 is 1. The van der Waals surface area contributed by atoms with Crippen molar-refractivity contribution in [3.63, 3.8) is 0 Å². The molecule has 0 aliphatic rings. The maximum atomic E-state index is 5.54. The highest BCUT2D eigenvalue weighted by Crippen LogP contribution is 2.19. The van der Waals surface area contributed by atoms with E-state index in [-0.39, 0.29) is 0 Å². The number of benzene rings is 1. The summed E-state index contributed by atoms with van der Waals surface area (Å²) < 4.78 is 11.6. The van der Waals surface area contributed by atoms with Crippen LogP contribution in [-0.4, -0.2) is 17.1 Å². The summed E-state index contributed by atoms with van der Waals surface area (Å²) in [5.41, 5.74) is 1.05. The first-order chi connectivity index (χ1) is 8.28. The highest BCUT2D eigenvalue weighted by Gasteiger charge is 2.01. The molecule has 0 unspecified atom stereocenters. The van der Waals surface area contributed by atoms with E-state index < -0.39 is 0 Å². The first-order valence-electron chi connectivity index (χ1n) is 5.01. The molecule has 1 heterocycles. The van der Waals surface area contributed by atoms with Crippen LogP contribution in [0.4, 0.5) is 0 Å². The molecular formula is C12H11IN2O2. The first-order valence-corrected chi connectivity index (χ1v) is 6.09. The number of hydrogen-bond acceptors (Lipinski definition) is 4. The Labute approximate surface area is 113 Å². The summed E-state index contributed by atoms with van der Waals surface area (Å²) in [5, 5.41) is 0. The van der Waals surface area contributed by atoms with Gasteiger partial charge in [-0.2, -0.15) is 0 Å². The van der Waals surface area contributed by atoms with E-state index in [1.54, 1.807) is 19.5 Å². The molecule has 17 heavy (non-hydrogen) atoms. The molecule has 2 rings (SSSR count). The topological polar surface area (TPSA) is 44.2 Å². The van der Waals surface area contributed by atoms with Crippen LogP contribution in [0.2, 0.25) is 0 Å². The molecule has 0 amide bonds. The minimum atomic E-state index is 0.347. The molecule has 0 atom stereocenters. The van der Waals surface area contributed by atoms with Crippen LogP contribution >= 0.6 is 22.6 Å². The molecule has 0 aliphatic carbocycles. The Balaban J connectivity index is 2.12. The predicted octanol–water partition coefficient (Wildman–Crippen LogP) is 3.02. The summed E-state index contributed by atoms with van der Waals surface area (Å²) >= 11 is 2.15. The van der Waals surface area contributed by atoms with Gasteiger partial charge in [0, 0.05) is 23.1 Å².